The number of hydrogen-bond donors (Lipinski definition) is 1. The molecule has 2 rings (SSSR count). The Labute approximate surface area is 116 Å². The number of benzene rings is 2. The van der Waals surface area contributed by atoms with Gasteiger partial charge in [0.05, 0.1) is 0 Å². The molecule has 0 radical (unpaired) electrons. The van der Waals surface area contributed by atoms with E-state index in [0.717, 1.165) is 17.2 Å². The molecule has 0 amide bonds. The molecule has 0 fully saturated rings. The van der Waals surface area contributed by atoms with E-state index in [1.165, 1.54) is 6.07 Å². The van der Waals surface area contributed by atoms with Gasteiger partial charge in [0.25, 0.3) is 0 Å². The van der Waals surface area contributed by atoms with E-state index in [1.54, 1.807) is 6.07 Å². The largest absolute Gasteiger partial charge is 0.309 e. The van der Waals surface area contributed by atoms with Gasteiger partial charge < -0.3 is 5.32 Å². The van der Waals surface area contributed by atoms with Crippen LogP contribution in [0.15, 0.2) is 36.4 Å². The molecule has 0 unspecified atom stereocenters. The van der Waals surface area contributed by atoms with Crippen LogP contribution in [0.2, 0.25) is 5.02 Å². The fourth-order valence-electron chi connectivity index (χ4n) is 1.85. The topological polar surface area (TPSA) is 12.0 Å². The lowest BCUT2D eigenvalue weighted by Gasteiger charge is -2.08. The predicted molar refractivity (Wildman–Crippen MR) is 73.1 cm³/mol. The Morgan fingerprint density at radius 2 is 1.79 bits per heavy atom. The molecule has 0 saturated carbocycles. The lowest BCUT2D eigenvalue weighted by atomic mass is 10.1. The Bertz CT molecular complexity index is 584. The Morgan fingerprint density at radius 1 is 1.00 bits per heavy atom. The van der Waals surface area contributed by atoms with Crippen LogP contribution in [0.5, 0.6) is 0 Å². The Balaban J connectivity index is 1.94. The van der Waals surface area contributed by atoms with Crippen LogP contribution in [-0.4, -0.2) is 0 Å². The minimum atomic E-state index is -0.822. The van der Waals surface area contributed by atoms with E-state index in [-0.39, 0.29) is 0 Å². The zero-order valence-corrected chi connectivity index (χ0v) is 11.3. The molecule has 0 aliphatic rings. The summed E-state index contributed by atoms with van der Waals surface area (Å²) in [5.74, 6) is -1.64. The maximum absolute atomic E-state index is 13.0. The lowest BCUT2D eigenvalue weighted by Crippen LogP contribution is -2.13. The van der Waals surface area contributed by atoms with Gasteiger partial charge in [0.15, 0.2) is 11.6 Å². The van der Waals surface area contributed by atoms with E-state index >= 15 is 0 Å². The van der Waals surface area contributed by atoms with E-state index in [4.69, 9.17) is 11.6 Å². The first-order valence-electron chi connectivity index (χ1n) is 5.96. The standard InChI is InChI=1S/C15H14ClF2N/c1-10-6-13(16)4-3-12(10)9-19-8-11-2-5-14(17)15(18)7-11/h2-7,19H,8-9H2,1H3. The molecule has 0 aliphatic heterocycles. The van der Waals surface area contributed by atoms with Gasteiger partial charge in [-0.2, -0.15) is 0 Å². The maximum atomic E-state index is 13.0. The highest BCUT2D eigenvalue weighted by molar-refractivity contribution is 6.30. The number of nitrogens with one attached hydrogen (secondary N) is 1. The third kappa shape index (κ3) is 3.75. The van der Waals surface area contributed by atoms with Crippen LogP contribution in [0.3, 0.4) is 0 Å². The first-order chi connectivity index (χ1) is 9.06. The molecule has 0 aliphatic carbocycles. The predicted octanol–water partition coefficient (Wildman–Crippen LogP) is 4.22. The highest BCUT2D eigenvalue weighted by atomic mass is 35.5. The molecule has 2 aromatic rings. The number of aryl methyl sites for hydroxylation is 1. The van der Waals surface area contributed by atoms with Crippen LogP contribution in [0, 0.1) is 18.6 Å². The summed E-state index contributed by atoms with van der Waals surface area (Å²) in [7, 11) is 0. The highest BCUT2D eigenvalue weighted by Gasteiger charge is 2.03. The van der Waals surface area contributed by atoms with Gasteiger partial charge in [0, 0.05) is 18.1 Å². The van der Waals surface area contributed by atoms with Gasteiger partial charge in [-0.05, 0) is 47.9 Å². The molecule has 2 aromatic carbocycles. The average Bonchev–Trinajstić information content (AvgIpc) is 2.36. The van der Waals surface area contributed by atoms with Gasteiger partial charge in [0.2, 0.25) is 0 Å². The van der Waals surface area contributed by atoms with Gasteiger partial charge in [-0.15, -0.1) is 0 Å². The van der Waals surface area contributed by atoms with Crippen molar-refractivity contribution in [3.8, 4) is 0 Å². The smallest absolute Gasteiger partial charge is 0.159 e. The van der Waals surface area contributed by atoms with Crippen LogP contribution in [0.4, 0.5) is 8.78 Å². The molecule has 0 heterocycles. The van der Waals surface area contributed by atoms with Crippen molar-refractivity contribution in [2.75, 3.05) is 0 Å². The summed E-state index contributed by atoms with van der Waals surface area (Å²) in [6.07, 6.45) is 0. The van der Waals surface area contributed by atoms with Gasteiger partial charge in [0.1, 0.15) is 0 Å². The van der Waals surface area contributed by atoms with Crippen molar-refractivity contribution in [1.82, 2.24) is 5.32 Å². The van der Waals surface area contributed by atoms with Crippen molar-refractivity contribution in [3.05, 3.63) is 69.7 Å². The lowest BCUT2D eigenvalue weighted by molar-refractivity contribution is 0.506. The minimum absolute atomic E-state index is 0.485. The third-order valence-electron chi connectivity index (χ3n) is 2.93. The molecular weight excluding hydrogens is 268 g/mol. The molecule has 100 valence electrons. The Morgan fingerprint density at radius 3 is 2.47 bits per heavy atom. The van der Waals surface area contributed by atoms with E-state index in [2.05, 4.69) is 5.32 Å². The van der Waals surface area contributed by atoms with Crippen molar-refractivity contribution < 1.29 is 8.78 Å². The summed E-state index contributed by atoms with van der Waals surface area (Å²) < 4.78 is 25.8. The average molecular weight is 282 g/mol. The second kappa shape index (κ2) is 6.13. The molecule has 4 heteroatoms. The zero-order chi connectivity index (χ0) is 13.8. The van der Waals surface area contributed by atoms with Gasteiger partial charge >= 0.3 is 0 Å². The van der Waals surface area contributed by atoms with Gasteiger partial charge in [-0.1, -0.05) is 23.7 Å². The van der Waals surface area contributed by atoms with Crippen molar-refractivity contribution in [3.63, 3.8) is 0 Å². The van der Waals surface area contributed by atoms with E-state index in [1.807, 2.05) is 25.1 Å². The van der Waals surface area contributed by atoms with Crippen LogP contribution in [-0.2, 0) is 13.1 Å². The molecule has 1 N–H and O–H groups in total. The monoisotopic (exact) mass is 281 g/mol. The molecule has 0 bridgehead atoms. The van der Waals surface area contributed by atoms with Crippen molar-refractivity contribution in [2.45, 2.75) is 20.0 Å². The second-order valence-electron chi connectivity index (χ2n) is 4.42. The normalized spacial score (nSPS) is 10.7. The molecule has 1 nitrogen and oxygen atoms in total. The summed E-state index contributed by atoms with van der Waals surface area (Å²) in [6.45, 7) is 3.13. The number of hydrogen-bond acceptors (Lipinski definition) is 1. The van der Waals surface area contributed by atoms with Crippen molar-refractivity contribution in [2.24, 2.45) is 0 Å². The maximum Gasteiger partial charge on any atom is 0.159 e. The molecule has 0 spiro atoms. The minimum Gasteiger partial charge on any atom is -0.309 e. The third-order valence-corrected chi connectivity index (χ3v) is 3.17. The molecule has 0 atom stereocenters. The summed E-state index contributed by atoms with van der Waals surface area (Å²) in [5, 5.41) is 3.90. The van der Waals surface area contributed by atoms with E-state index < -0.39 is 11.6 Å². The quantitative estimate of drug-likeness (QED) is 0.885. The summed E-state index contributed by atoms with van der Waals surface area (Å²) in [6, 6.07) is 9.60. The van der Waals surface area contributed by atoms with Crippen molar-refractivity contribution >= 4 is 11.6 Å². The van der Waals surface area contributed by atoms with Crippen LogP contribution in [0.25, 0.3) is 0 Å². The number of halogens is 3. The zero-order valence-electron chi connectivity index (χ0n) is 10.5. The number of rotatable bonds is 4. The van der Waals surface area contributed by atoms with Crippen LogP contribution < -0.4 is 5.32 Å². The molecule has 19 heavy (non-hydrogen) atoms. The fraction of sp³-hybridized carbons (Fsp3) is 0.200. The summed E-state index contributed by atoms with van der Waals surface area (Å²) in [4.78, 5) is 0. The molecular formula is C15H14ClF2N. The highest BCUT2D eigenvalue weighted by Crippen LogP contribution is 2.15. The Kier molecular flexibility index (Phi) is 4.51. The van der Waals surface area contributed by atoms with E-state index in [0.29, 0.717) is 23.7 Å². The molecule has 0 saturated heterocycles. The van der Waals surface area contributed by atoms with E-state index in [9.17, 15) is 8.78 Å². The fourth-order valence-corrected chi connectivity index (χ4v) is 2.08. The molecule has 0 aromatic heterocycles. The van der Waals surface area contributed by atoms with Crippen molar-refractivity contribution in [1.29, 1.82) is 0 Å². The SMILES string of the molecule is Cc1cc(Cl)ccc1CNCc1ccc(F)c(F)c1. The van der Waals surface area contributed by atoms with Crippen LogP contribution >= 0.6 is 11.6 Å². The summed E-state index contributed by atoms with van der Waals surface area (Å²) >= 11 is 5.88. The van der Waals surface area contributed by atoms with Crippen LogP contribution in [0.1, 0.15) is 16.7 Å². The van der Waals surface area contributed by atoms with Gasteiger partial charge in [-0.3, -0.25) is 0 Å². The Hall–Kier alpha value is -1.45. The second-order valence-corrected chi connectivity index (χ2v) is 4.86. The first kappa shape index (κ1) is 14.0. The first-order valence-corrected chi connectivity index (χ1v) is 6.34. The van der Waals surface area contributed by atoms with Gasteiger partial charge in [-0.25, -0.2) is 8.78 Å². The summed E-state index contributed by atoms with van der Waals surface area (Å²) in [5.41, 5.74) is 2.95.